The Labute approximate surface area is 99.8 Å². The van der Waals surface area contributed by atoms with Crippen molar-refractivity contribution >= 4 is 11.6 Å². The van der Waals surface area contributed by atoms with Gasteiger partial charge in [-0.1, -0.05) is 6.92 Å². The van der Waals surface area contributed by atoms with Crippen LogP contribution in [0.3, 0.4) is 0 Å². The minimum atomic E-state index is -0.555. The van der Waals surface area contributed by atoms with Crippen LogP contribution in [0.15, 0.2) is 18.2 Å². The highest BCUT2D eigenvalue weighted by molar-refractivity contribution is 6.18. The third-order valence-electron chi connectivity index (χ3n) is 2.72. The normalized spacial score (nSPS) is 14.8. The van der Waals surface area contributed by atoms with Gasteiger partial charge in [0.1, 0.15) is 11.6 Å². The molecule has 1 atom stereocenters. The molecule has 1 N–H and O–H groups in total. The van der Waals surface area contributed by atoms with Crippen molar-refractivity contribution < 1.29 is 8.78 Å². The van der Waals surface area contributed by atoms with E-state index < -0.39 is 11.6 Å². The molecule has 0 saturated carbocycles. The fourth-order valence-electron chi connectivity index (χ4n) is 1.30. The smallest absolute Gasteiger partial charge is 0.126 e. The van der Waals surface area contributed by atoms with Gasteiger partial charge in [-0.05, 0) is 31.0 Å². The predicted octanol–water partition coefficient (Wildman–Crippen LogP) is 3.46. The van der Waals surface area contributed by atoms with Crippen LogP contribution in [0.2, 0.25) is 0 Å². The van der Waals surface area contributed by atoms with Crippen molar-refractivity contribution in [2.24, 2.45) is 0 Å². The number of nitrogens with one attached hydrogen (secondary N) is 1. The van der Waals surface area contributed by atoms with E-state index in [1.165, 1.54) is 12.1 Å². The molecule has 0 bridgehead atoms. The lowest BCUT2D eigenvalue weighted by Crippen LogP contribution is -2.43. The first-order chi connectivity index (χ1) is 7.49. The Hall–Kier alpha value is -0.670. The molecule has 0 saturated heterocycles. The summed E-state index contributed by atoms with van der Waals surface area (Å²) < 4.78 is 25.8. The summed E-state index contributed by atoms with van der Waals surface area (Å²) in [5.41, 5.74) is 0.381. The molecule has 16 heavy (non-hydrogen) atoms. The van der Waals surface area contributed by atoms with E-state index in [-0.39, 0.29) is 5.54 Å². The summed E-state index contributed by atoms with van der Waals surface area (Å²) in [6.07, 6.45) is 0.855. The van der Waals surface area contributed by atoms with E-state index >= 15 is 0 Å². The quantitative estimate of drug-likeness (QED) is 0.786. The Morgan fingerprint density at radius 3 is 2.25 bits per heavy atom. The number of benzene rings is 1. The van der Waals surface area contributed by atoms with E-state index in [9.17, 15) is 8.78 Å². The van der Waals surface area contributed by atoms with Crippen molar-refractivity contribution in [3.63, 3.8) is 0 Å². The van der Waals surface area contributed by atoms with Crippen molar-refractivity contribution in [3.8, 4) is 0 Å². The van der Waals surface area contributed by atoms with E-state index in [1.807, 2.05) is 13.8 Å². The minimum Gasteiger partial charge on any atom is -0.306 e. The average molecular weight is 248 g/mol. The SMILES string of the molecule is CCC(C)(CCl)NCc1cc(F)cc(F)c1. The van der Waals surface area contributed by atoms with E-state index in [4.69, 9.17) is 11.6 Å². The Kier molecular flexibility index (Phi) is 4.69. The van der Waals surface area contributed by atoms with Gasteiger partial charge in [0.05, 0.1) is 0 Å². The van der Waals surface area contributed by atoms with Gasteiger partial charge in [0.2, 0.25) is 0 Å². The molecule has 4 heteroatoms. The summed E-state index contributed by atoms with van der Waals surface area (Å²) >= 11 is 5.83. The van der Waals surface area contributed by atoms with Gasteiger partial charge < -0.3 is 5.32 Å². The molecular formula is C12H16ClF2N. The summed E-state index contributed by atoms with van der Waals surface area (Å²) in [6, 6.07) is 3.50. The predicted molar refractivity (Wildman–Crippen MR) is 62.6 cm³/mol. The second kappa shape index (κ2) is 5.60. The number of alkyl halides is 1. The van der Waals surface area contributed by atoms with Crippen molar-refractivity contribution in [1.29, 1.82) is 0 Å². The van der Waals surface area contributed by atoms with E-state index in [1.54, 1.807) is 0 Å². The van der Waals surface area contributed by atoms with Crippen molar-refractivity contribution in [3.05, 3.63) is 35.4 Å². The van der Waals surface area contributed by atoms with Gasteiger partial charge in [-0.3, -0.25) is 0 Å². The maximum absolute atomic E-state index is 12.9. The topological polar surface area (TPSA) is 12.0 Å². The monoisotopic (exact) mass is 247 g/mol. The minimum absolute atomic E-state index is 0.204. The zero-order valence-corrected chi connectivity index (χ0v) is 10.2. The van der Waals surface area contributed by atoms with Gasteiger partial charge in [-0.15, -0.1) is 11.6 Å². The Morgan fingerprint density at radius 1 is 1.25 bits per heavy atom. The molecule has 1 nitrogen and oxygen atoms in total. The number of halogens is 3. The standard InChI is InChI=1S/C12H16ClF2N/c1-3-12(2,8-13)16-7-9-4-10(14)6-11(15)5-9/h4-6,16H,3,7-8H2,1-2H3. The summed E-state index contributed by atoms with van der Waals surface area (Å²) in [4.78, 5) is 0. The largest absolute Gasteiger partial charge is 0.306 e. The molecule has 1 aromatic rings. The third-order valence-corrected chi connectivity index (χ3v) is 3.31. The summed E-state index contributed by atoms with van der Waals surface area (Å²) in [5, 5.41) is 3.20. The number of rotatable bonds is 5. The molecule has 0 aliphatic heterocycles. The first-order valence-electron chi connectivity index (χ1n) is 5.25. The first-order valence-corrected chi connectivity index (χ1v) is 5.78. The second-order valence-electron chi connectivity index (χ2n) is 4.18. The maximum atomic E-state index is 12.9. The van der Waals surface area contributed by atoms with Gasteiger partial charge in [0.25, 0.3) is 0 Å². The Morgan fingerprint density at radius 2 is 1.81 bits per heavy atom. The highest BCUT2D eigenvalue weighted by Crippen LogP contribution is 2.14. The second-order valence-corrected chi connectivity index (χ2v) is 4.45. The summed E-state index contributed by atoms with van der Waals surface area (Å²) in [5.74, 6) is -0.650. The highest BCUT2D eigenvalue weighted by Gasteiger charge is 2.19. The van der Waals surface area contributed by atoms with E-state index in [0.717, 1.165) is 12.5 Å². The van der Waals surface area contributed by atoms with E-state index in [0.29, 0.717) is 18.0 Å². The van der Waals surface area contributed by atoms with Crippen LogP contribution in [-0.4, -0.2) is 11.4 Å². The lowest BCUT2D eigenvalue weighted by atomic mass is 10.0. The van der Waals surface area contributed by atoms with Gasteiger partial charge in [0, 0.05) is 24.0 Å². The van der Waals surface area contributed by atoms with Crippen LogP contribution in [0, 0.1) is 11.6 Å². The third kappa shape index (κ3) is 3.72. The molecule has 0 aromatic heterocycles. The molecule has 1 rings (SSSR count). The molecular weight excluding hydrogens is 232 g/mol. The van der Waals surface area contributed by atoms with Crippen LogP contribution >= 0.6 is 11.6 Å². The molecule has 1 unspecified atom stereocenters. The lowest BCUT2D eigenvalue weighted by molar-refractivity contribution is 0.378. The molecule has 0 aliphatic carbocycles. The van der Waals surface area contributed by atoms with Crippen LogP contribution in [0.5, 0.6) is 0 Å². The van der Waals surface area contributed by atoms with Crippen molar-refractivity contribution in [1.82, 2.24) is 5.32 Å². The lowest BCUT2D eigenvalue weighted by Gasteiger charge is -2.27. The fourth-order valence-corrected chi connectivity index (χ4v) is 1.58. The molecule has 0 fully saturated rings. The van der Waals surface area contributed by atoms with Crippen LogP contribution in [0.1, 0.15) is 25.8 Å². The first kappa shape index (κ1) is 13.4. The van der Waals surface area contributed by atoms with Gasteiger partial charge in [-0.25, -0.2) is 8.78 Å². The van der Waals surface area contributed by atoms with Crippen LogP contribution in [-0.2, 0) is 6.54 Å². The van der Waals surface area contributed by atoms with E-state index in [2.05, 4.69) is 5.32 Å². The molecule has 0 heterocycles. The molecule has 0 amide bonds. The van der Waals surface area contributed by atoms with Crippen LogP contribution in [0.25, 0.3) is 0 Å². The molecule has 0 radical (unpaired) electrons. The Bertz CT molecular complexity index is 331. The fraction of sp³-hybridized carbons (Fsp3) is 0.500. The highest BCUT2D eigenvalue weighted by atomic mass is 35.5. The van der Waals surface area contributed by atoms with Gasteiger partial charge >= 0.3 is 0 Å². The van der Waals surface area contributed by atoms with Crippen LogP contribution in [0.4, 0.5) is 8.78 Å². The van der Waals surface area contributed by atoms with Crippen LogP contribution < -0.4 is 5.32 Å². The van der Waals surface area contributed by atoms with Crippen molar-refractivity contribution in [2.45, 2.75) is 32.4 Å². The summed E-state index contributed by atoms with van der Waals surface area (Å²) in [6.45, 7) is 4.41. The number of hydrogen-bond acceptors (Lipinski definition) is 1. The van der Waals surface area contributed by atoms with Gasteiger partial charge in [-0.2, -0.15) is 0 Å². The molecule has 0 aliphatic rings. The Balaban J connectivity index is 2.67. The molecule has 90 valence electrons. The van der Waals surface area contributed by atoms with Crippen molar-refractivity contribution in [2.75, 3.05) is 5.88 Å². The zero-order chi connectivity index (χ0) is 12.2. The molecule has 0 spiro atoms. The van der Waals surface area contributed by atoms with Gasteiger partial charge in [0.15, 0.2) is 0 Å². The molecule has 1 aromatic carbocycles. The maximum Gasteiger partial charge on any atom is 0.126 e. The number of hydrogen-bond donors (Lipinski definition) is 1. The summed E-state index contributed by atoms with van der Waals surface area (Å²) in [7, 11) is 0. The zero-order valence-electron chi connectivity index (χ0n) is 9.49. The average Bonchev–Trinajstić information content (AvgIpc) is 2.25.